The molecule has 1 unspecified atom stereocenters. The highest BCUT2D eigenvalue weighted by Gasteiger charge is 2.33. The van der Waals surface area contributed by atoms with Gasteiger partial charge in [-0.1, -0.05) is 6.07 Å². The summed E-state index contributed by atoms with van der Waals surface area (Å²) in [4.78, 5) is 34.0. The molecular formula is C22H30N6O2. The number of nitrogens with zero attached hydrogens (tertiary/aromatic N) is 5. The first-order valence-corrected chi connectivity index (χ1v) is 10.8. The number of carbonyl (C=O) groups is 2. The highest BCUT2D eigenvalue weighted by Crippen LogP contribution is 2.24. The first-order chi connectivity index (χ1) is 14.6. The molecule has 2 aromatic rings. The fourth-order valence-corrected chi connectivity index (χ4v) is 4.56. The Bertz CT molecular complexity index is 860. The topological polar surface area (TPSA) is 83.4 Å². The van der Waals surface area contributed by atoms with Crippen molar-refractivity contribution in [1.29, 1.82) is 0 Å². The Labute approximate surface area is 177 Å². The monoisotopic (exact) mass is 410 g/mol. The van der Waals surface area contributed by atoms with E-state index in [-0.39, 0.29) is 17.7 Å². The molecule has 2 fully saturated rings. The molecule has 0 aliphatic carbocycles. The molecule has 0 saturated carbocycles. The van der Waals surface area contributed by atoms with Crippen molar-refractivity contribution in [3.05, 3.63) is 48.0 Å². The minimum atomic E-state index is 0.0246. The van der Waals surface area contributed by atoms with Crippen LogP contribution in [0, 0.1) is 5.92 Å². The molecule has 2 aliphatic rings. The molecule has 0 bridgehead atoms. The molecule has 1 atom stereocenters. The van der Waals surface area contributed by atoms with Gasteiger partial charge in [-0.25, -0.2) is 0 Å². The second kappa shape index (κ2) is 9.38. The van der Waals surface area contributed by atoms with Crippen LogP contribution in [-0.2, 0) is 18.4 Å². The van der Waals surface area contributed by atoms with Crippen molar-refractivity contribution < 1.29 is 9.59 Å². The molecule has 8 heteroatoms. The number of hydrogen-bond acceptors (Lipinski definition) is 5. The van der Waals surface area contributed by atoms with Gasteiger partial charge in [0.25, 0.3) is 5.91 Å². The third kappa shape index (κ3) is 4.70. The van der Waals surface area contributed by atoms with Crippen LogP contribution in [0.25, 0.3) is 0 Å². The van der Waals surface area contributed by atoms with Gasteiger partial charge in [0.05, 0.1) is 18.2 Å². The van der Waals surface area contributed by atoms with Gasteiger partial charge in [0.15, 0.2) is 0 Å². The van der Waals surface area contributed by atoms with Crippen LogP contribution in [0.4, 0.5) is 0 Å². The van der Waals surface area contributed by atoms with Crippen LogP contribution in [0.5, 0.6) is 0 Å². The quantitative estimate of drug-likeness (QED) is 0.807. The smallest absolute Gasteiger partial charge is 0.272 e. The first kappa shape index (κ1) is 20.5. The first-order valence-electron chi connectivity index (χ1n) is 10.8. The van der Waals surface area contributed by atoms with Gasteiger partial charge in [-0.2, -0.15) is 5.10 Å². The summed E-state index contributed by atoms with van der Waals surface area (Å²) < 4.78 is 1.63. The summed E-state index contributed by atoms with van der Waals surface area (Å²) in [6, 6.07) is 7.94. The Balaban J connectivity index is 1.26. The van der Waals surface area contributed by atoms with E-state index >= 15 is 0 Å². The van der Waals surface area contributed by atoms with E-state index in [1.807, 2.05) is 23.1 Å². The summed E-state index contributed by atoms with van der Waals surface area (Å²) in [5, 5.41) is 7.15. The lowest BCUT2D eigenvalue weighted by Crippen LogP contribution is -2.51. The zero-order chi connectivity index (χ0) is 20.9. The lowest BCUT2D eigenvalue weighted by Gasteiger charge is -2.42. The number of piperidine rings is 2. The molecule has 2 amide bonds. The largest absolute Gasteiger partial charge is 0.350 e. The molecule has 30 heavy (non-hydrogen) atoms. The van der Waals surface area contributed by atoms with E-state index in [4.69, 9.17) is 0 Å². The lowest BCUT2D eigenvalue weighted by atomic mass is 9.93. The number of hydrogen-bond donors (Lipinski definition) is 1. The predicted octanol–water partition coefficient (Wildman–Crippen LogP) is 1.45. The SMILES string of the molecule is Cn1nccc1C(=O)N1CCC(N2CCCC(C(=O)NCc3ccccn3)C2)CC1. The van der Waals surface area contributed by atoms with Gasteiger partial charge in [-0.05, 0) is 50.4 Å². The van der Waals surface area contributed by atoms with Gasteiger partial charge >= 0.3 is 0 Å². The number of aryl methyl sites for hydroxylation is 1. The highest BCUT2D eigenvalue weighted by molar-refractivity contribution is 5.92. The summed E-state index contributed by atoms with van der Waals surface area (Å²) in [5.74, 6) is 0.199. The van der Waals surface area contributed by atoms with Crippen LogP contribution in [0.2, 0.25) is 0 Å². The summed E-state index contributed by atoms with van der Waals surface area (Å²) in [6.07, 6.45) is 7.28. The number of amides is 2. The second-order valence-electron chi connectivity index (χ2n) is 8.24. The van der Waals surface area contributed by atoms with Crippen molar-refractivity contribution in [2.75, 3.05) is 26.2 Å². The van der Waals surface area contributed by atoms with Crippen molar-refractivity contribution in [2.45, 2.75) is 38.3 Å². The number of likely N-dealkylation sites (tertiary alicyclic amines) is 2. The predicted molar refractivity (Wildman–Crippen MR) is 113 cm³/mol. The molecule has 1 N–H and O–H groups in total. The van der Waals surface area contributed by atoms with Crippen LogP contribution >= 0.6 is 0 Å². The minimum absolute atomic E-state index is 0.0246. The van der Waals surface area contributed by atoms with Crippen molar-refractivity contribution in [1.82, 2.24) is 29.9 Å². The zero-order valence-corrected chi connectivity index (χ0v) is 17.5. The molecule has 0 spiro atoms. The molecule has 4 rings (SSSR count). The normalized spacial score (nSPS) is 20.8. The maximum absolute atomic E-state index is 12.7. The molecule has 160 valence electrons. The molecule has 2 aliphatic heterocycles. The third-order valence-electron chi connectivity index (χ3n) is 6.30. The van der Waals surface area contributed by atoms with Crippen LogP contribution in [0.3, 0.4) is 0 Å². The van der Waals surface area contributed by atoms with Crippen molar-refractivity contribution >= 4 is 11.8 Å². The van der Waals surface area contributed by atoms with Crippen molar-refractivity contribution in [3.8, 4) is 0 Å². The van der Waals surface area contributed by atoms with E-state index in [2.05, 4.69) is 20.3 Å². The number of rotatable bonds is 5. The van der Waals surface area contributed by atoms with Crippen molar-refractivity contribution in [3.63, 3.8) is 0 Å². The summed E-state index contributed by atoms with van der Waals surface area (Å²) in [6.45, 7) is 3.81. The molecule has 0 radical (unpaired) electrons. The molecule has 2 saturated heterocycles. The second-order valence-corrected chi connectivity index (χ2v) is 8.24. The number of aromatic nitrogens is 3. The molecule has 4 heterocycles. The zero-order valence-electron chi connectivity index (χ0n) is 17.5. The maximum Gasteiger partial charge on any atom is 0.272 e. The number of carbonyl (C=O) groups excluding carboxylic acids is 2. The van der Waals surface area contributed by atoms with Gasteiger partial charge in [0.2, 0.25) is 5.91 Å². The van der Waals surface area contributed by atoms with Gasteiger partial charge in [0.1, 0.15) is 5.69 Å². The maximum atomic E-state index is 12.7. The Kier molecular flexibility index (Phi) is 6.42. The molecule has 0 aromatic carbocycles. The molecule has 2 aromatic heterocycles. The number of nitrogens with one attached hydrogen (secondary N) is 1. The van der Waals surface area contributed by atoms with Crippen LogP contribution < -0.4 is 5.32 Å². The van der Waals surface area contributed by atoms with E-state index in [1.165, 1.54) is 0 Å². The summed E-state index contributed by atoms with van der Waals surface area (Å²) >= 11 is 0. The van der Waals surface area contributed by atoms with Crippen molar-refractivity contribution in [2.24, 2.45) is 13.0 Å². The van der Waals surface area contributed by atoms with E-state index in [1.54, 1.807) is 30.2 Å². The molecule has 8 nitrogen and oxygen atoms in total. The van der Waals surface area contributed by atoms with Gasteiger partial charge in [0, 0.05) is 45.1 Å². The lowest BCUT2D eigenvalue weighted by molar-refractivity contribution is -0.127. The number of pyridine rings is 1. The highest BCUT2D eigenvalue weighted by atomic mass is 16.2. The standard InChI is InChI=1S/C22H30N6O2/c1-26-20(7-11-25-26)22(30)27-13-8-19(9-14-27)28-12-4-5-17(16-28)21(29)24-15-18-6-2-3-10-23-18/h2-3,6-7,10-11,17,19H,4-5,8-9,12-16H2,1H3,(H,24,29). The summed E-state index contributed by atoms with van der Waals surface area (Å²) in [5.41, 5.74) is 1.51. The van der Waals surface area contributed by atoms with Crippen LogP contribution in [-0.4, -0.2) is 68.6 Å². The van der Waals surface area contributed by atoms with Crippen LogP contribution in [0.1, 0.15) is 41.9 Å². The van der Waals surface area contributed by atoms with Gasteiger partial charge in [-0.3, -0.25) is 24.2 Å². The fourth-order valence-electron chi connectivity index (χ4n) is 4.56. The Hall–Kier alpha value is -2.74. The fraction of sp³-hybridized carbons (Fsp3) is 0.545. The van der Waals surface area contributed by atoms with Gasteiger partial charge < -0.3 is 10.2 Å². The minimum Gasteiger partial charge on any atom is -0.350 e. The van der Waals surface area contributed by atoms with E-state index in [9.17, 15) is 9.59 Å². The Morgan fingerprint density at radius 2 is 1.93 bits per heavy atom. The Morgan fingerprint density at radius 3 is 2.63 bits per heavy atom. The molecular weight excluding hydrogens is 380 g/mol. The third-order valence-corrected chi connectivity index (χ3v) is 6.30. The van der Waals surface area contributed by atoms with Gasteiger partial charge in [-0.15, -0.1) is 0 Å². The van der Waals surface area contributed by atoms with Crippen LogP contribution in [0.15, 0.2) is 36.7 Å². The van der Waals surface area contributed by atoms with E-state index in [0.717, 1.165) is 57.6 Å². The summed E-state index contributed by atoms with van der Waals surface area (Å²) in [7, 11) is 1.80. The Morgan fingerprint density at radius 1 is 1.10 bits per heavy atom. The average Bonchev–Trinajstić information content (AvgIpc) is 3.23. The average molecular weight is 411 g/mol. The van der Waals surface area contributed by atoms with E-state index in [0.29, 0.717) is 18.3 Å². The van der Waals surface area contributed by atoms with E-state index < -0.39 is 0 Å².